The van der Waals surface area contributed by atoms with E-state index in [-0.39, 0.29) is 11.8 Å². The van der Waals surface area contributed by atoms with Crippen LogP contribution in [0.1, 0.15) is 59.3 Å². The SMILES string of the molecule is C=CC(=O)NCCCC(C)C(CCC)(CCC)S(=O)(=O)O. The molecular weight excluding hydrogens is 290 g/mol. The molecule has 2 N–H and O–H groups in total. The molecule has 0 rings (SSSR count). The van der Waals surface area contributed by atoms with E-state index in [1.165, 1.54) is 6.08 Å². The third kappa shape index (κ3) is 5.79. The summed E-state index contributed by atoms with van der Waals surface area (Å²) in [5.74, 6) is -0.390. The van der Waals surface area contributed by atoms with E-state index in [0.717, 1.165) is 0 Å². The molecule has 0 saturated carbocycles. The lowest BCUT2D eigenvalue weighted by atomic mass is 9.82. The van der Waals surface area contributed by atoms with Crippen LogP contribution >= 0.6 is 0 Å². The van der Waals surface area contributed by atoms with Gasteiger partial charge in [0.1, 0.15) is 0 Å². The first-order valence-electron chi connectivity index (χ1n) is 7.62. The number of hydrogen-bond acceptors (Lipinski definition) is 3. The van der Waals surface area contributed by atoms with Crippen molar-refractivity contribution >= 4 is 16.0 Å². The van der Waals surface area contributed by atoms with Gasteiger partial charge in [-0.15, -0.1) is 0 Å². The number of carbonyl (C=O) groups excluding carboxylic acids is 1. The molecule has 1 atom stereocenters. The number of nitrogens with one attached hydrogen (secondary N) is 1. The highest BCUT2D eigenvalue weighted by Gasteiger charge is 2.45. The van der Waals surface area contributed by atoms with Gasteiger partial charge < -0.3 is 5.32 Å². The lowest BCUT2D eigenvalue weighted by Crippen LogP contribution is -2.44. The molecule has 0 fully saturated rings. The summed E-state index contributed by atoms with van der Waals surface area (Å²) in [5, 5.41) is 2.67. The van der Waals surface area contributed by atoms with Crippen LogP contribution in [0, 0.1) is 5.92 Å². The summed E-state index contributed by atoms with van der Waals surface area (Å²) in [4.78, 5) is 11.1. The van der Waals surface area contributed by atoms with Crippen molar-refractivity contribution in [2.24, 2.45) is 5.92 Å². The van der Waals surface area contributed by atoms with Gasteiger partial charge >= 0.3 is 0 Å². The van der Waals surface area contributed by atoms with E-state index >= 15 is 0 Å². The Labute approximate surface area is 128 Å². The molecule has 0 spiro atoms. The third-order valence-electron chi connectivity index (χ3n) is 4.06. The van der Waals surface area contributed by atoms with Crippen molar-refractivity contribution in [2.75, 3.05) is 6.54 Å². The normalized spacial score (nSPS) is 13.7. The van der Waals surface area contributed by atoms with E-state index < -0.39 is 14.9 Å². The highest BCUT2D eigenvalue weighted by molar-refractivity contribution is 7.87. The molecule has 5 nitrogen and oxygen atoms in total. The highest BCUT2D eigenvalue weighted by atomic mass is 32.2. The topological polar surface area (TPSA) is 83.5 Å². The van der Waals surface area contributed by atoms with Gasteiger partial charge in [0.2, 0.25) is 5.91 Å². The van der Waals surface area contributed by atoms with Gasteiger partial charge in [0.25, 0.3) is 10.1 Å². The van der Waals surface area contributed by atoms with E-state index in [0.29, 0.717) is 45.1 Å². The number of amides is 1. The zero-order chi connectivity index (χ0) is 16.5. The molecule has 0 aliphatic carbocycles. The molecule has 124 valence electrons. The molecule has 0 aliphatic heterocycles. The third-order valence-corrected chi connectivity index (χ3v) is 5.89. The standard InChI is InChI=1S/C15H29NO4S/c1-5-10-15(11-6-2,21(18,19)20)13(4)9-8-12-16-14(17)7-3/h7,13H,3,5-6,8-12H2,1-2,4H3,(H,16,17)(H,18,19,20). The van der Waals surface area contributed by atoms with Crippen LogP contribution in [0.2, 0.25) is 0 Å². The molecule has 0 saturated heterocycles. The number of rotatable bonds is 11. The first-order chi connectivity index (χ1) is 9.75. The average Bonchev–Trinajstić information content (AvgIpc) is 2.41. The van der Waals surface area contributed by atoms with Crippen molar-refractivity contribution in [3.63, 3.8) is 0 Å². The Balaban J connectivity index is 4.83. The molecule has 0 bridgehead atoms. The summed E-state index contributed by atoms with van der Waals surface area (Å²) < 4.78 is 32.5. The quantitative estimate of drug-likeness (QED) is 0.348. The van der Waals surface area contributed by atoms with Crippen LogP contribution in [0.5, 0.6) is 0 Å². The largest absolute Gasteiger partial charge is 0.353 e. The van der Waals surface area contributed by atoms with Crippen LogP contribution in [-0.4, -0.2) is 30.2 Å². The Kier molecular flexibility index (Phi) is 8.82. The zero-order valence-corrected chi connectivity index (χ0v) is 14.2. The summed E-state index contributed by atoms with van der Waals surface area (Å²) >= 11 is 0. The van der Waals surface area contributed by atoms with Gasteiger partial charge in [-0.05, 0) is 37.7 Å². The monoisotopic (exact) mass is 319 g/mol. The van der Waals surface area contributed by atoms with Gasteiger partial charge in [0, 0.05) is 6.54 Å². The molecule has 0 aliphatic rings. The molecule has 0 aromatic carbocycles. The summed E-state index contributed by atoms with van der Waals surface area (Å²) in [7, 11) is -4.11. The van der Waals surface area contributed by atoms with Crippen LogP contribution in [-0.2, 0) is 14.9 Å². The Hall–Kier alpha value is -0.880. The lowest BCUT2D eigenvalue weighted by molar-refractivity contribution is -0.116. The molecule has 0 radical (unpaired) electrons. The summed E-state index contributed by atoms with van der Waals surface area (Å²) in [6, 6.07) is 0. The van der Waals surface area contributed by atoms with Crippen molar-refractivity contribution in [1.29, 1.82) is 0 Å². The Morgan fingerprint density at radius 1 is 1.33 bits per heavy atom. The number of carbonyl (C=O) groups is 1. The zero-order valence-electron chi connectivity index (χ0n) is 13.4. The second kappa shape index (κ2) is 9.20. The predicted molar refractivity (Wildman–Crippen MR) is 85.7 cm³/mol. The van der Waals surface area contributed by atoms with E-state index in [1.54, 1.807) is 0 Å². The van der Waals surface area contributed by atoms with Gasteiger partial charge in [0.15, 0.2) is 0 Å². The Bertz CT molecular complexity index is 425. The van der Waals surface area contributed by atoms with Crippen molar-refractivity contribution in [3.8, 4) is 0 Å². The van der Waals surface area contributed by atoms with Gasteiger partial charge in [-0.3, -0.25) is 9.35 Å². The van der Waals surface area contributed by atoms with Crippen LogP contribution < -0.4 is 5.32 Å². The molecule has 0 heterocycles. The Morgan fingerprint density at radius 3 is 2.24 bits per heavy atom. The van der Waals surface area contributed by atoms with E-state index in [2.05, 4.69) is 11.9 Å². The van der Waals surface area contributed by atoms with Gasteiger partial charge in [-0.2, -0.15) is 8.42 Å². The van der Waals surface area contributed by atoms with Crippen molar-refractivity contribution in [2.45, 2.75) is 64.0 Å². The summed E-state index contributed by atoms with van der Waals surface area (Å²) in [6.07, 6.45) is 4.84. The molecule has 1 unspecified atom stereocenters. The highest BCUT2D eigenvalue weighted by Crippen LogP contribution is 2.38. The van der Waals surface area contributed by atoms with Gasteiger partial charge in [-0.1, -0.05) is 40.2 Å². The maximum Gasteiger partial charge on any atom is 0.270 e. The first-order valence-corrected chi connectivity index (χ1v) is 9.06. The minimum absolute atomic E-state index is 0.159. The minimum atomic E-state index is -4.11. The molecule has 21 heavy (non-hydrogen) atoms. The second-order valence-corrected chi connectivity index (χ2v) is 7.34. The molecule has 6 heteroatoms. The fourth-order valence-corrected chi connectivity index (χ4v) is 4.48. The summed E-state index contributed by atoms with van der Waals surface area (Å²) in [6.45, 7) is 9.57. The predicted octanol–water partition coefficient (Wildman–Crippen LogP) is 2.93. The maximum absolute atomic E-state index is 11.9. The van der Waals surface area contributed by atoms with Crippen LogP contribution in [0.3, 0.4) is 0 Å². The molecule has 1 amide bonds. The Morgan fingerprint density at radius 2 is 1.86 bits per heavy atom. The minimum Gasteiger partial charge on any atom is -0.353 e. The second-order valence-electron chi connectivity index (χ2n) is 5.58. The van der Waals surface area contributed by atoms with Gasteiger partial charge in [-0.25, -0.2) is 0 Å². The van der Waals surface area contributed by atoms with Gasteiger partial charge in [0.05, 0.1) is 4.75 Å². The number of hydrogen-bond donors (Lipinski definition) is 2. The van der Waals surface area contributed by atoms with Crippen molar-refractivity contribution < 1.29 is 17.8 Å². The molecule has 0 aromatic rings. The average molecular weight is 319 g/mol. The molecule has 0 aromatic heterocycles. The van der Waals surface area contributed by atoms with Crippen LogP contribution in [0.25, 0.3) is 0 Å². The smallest absolute Gasteiger partial charge is 0.270 e. The lowest BCUT2D eigenvalue weighted by Gasteiger charge is -2.36. The first kappa shape index (κ1) is 20.1. The van der Waals surface area contributed by atoms with E-state index in [4.69, 9.17) is 0 Å². The van der Waals surface area contributed by atoms with E-state index in [1.807, 2.05) is 20.8 Å². The maximum atomic E-state index is 11.9. The fraction of sp³-hybridized carbons (Fsp3) is 0.800. The summed E-state index contributed by atoms with van der Waals surface area (Å²) in [5.41, 5.74) is 0. The van der Waals surface area contributed by atoms with Crippen LogP contribution in [0.4, 0.5) is 0 Å². The van der Waals surface area contributed by atoms with Crippen LogP contribution in [0.15, 0.2) is 12.7 Å². The van der Waals surface area contributed by atoms with Crippen molar-refractivity contribution in [3.05, 3.63) is 12.7 Å². The fourth-order valence-electron chi connectivity index (χ4n) is 2.93. The molecular formula is C15H29NO4S. The van der Waals surface area contributed by atoms with E-state index in [9.17, 15) is 17.8 Å². The van der Waals surface area contributed by atoms with Crippen molar-refractivity contribution in [1.82, 2.24) is 5.32 Å².